The maximum atomic E-state index is 13.1. The van der Waals surface area contributed by atoms with Gasteiger partial charge >= 0.3 is 12.0 Å². The van der Waals surface area contributed by atoms with E-state index >= 15 is 0 Å². The average molecular weight is 464 g/mol. The third kappa shape index (κ3) is 5.06. The Labute approximate surface area is 193 Å². The van der Waals surface area contributed by atoms with Crippen LogP contribution in [0.4, 0.5) is 10.5 Å². The van der Waals surface area contributed by atoms with Crippen LogP contribution in [0, 0.1) is 25.2 Å². The molecule has 1 aromatic rings. The first kappa shape index (κ1) is 24.0. The highest BCUT2D eigenvalue weighted by Crippen LogP contribution is 2.46. The zero-order valence-electron chi connectivity index (χ0n) is 19.1. The molecule has 1 spiro atoms. The molecule has 1 saturated carbocycles. The molecule has 174 valence electrons. The molecule has 0 bridgehead atoms. The number of hydrogen-bond donors (Lipinski definition) is 2. The van der Waals surface area contributed by atoms with Gasteiger partial charge in [-0.25, -0.2) is 4.79 Å². The van der Waals surface area contributed by atoms with Gasteiger partial charge in [0.15, 0.2) is 6.61 Å². The maximum absolute atomic E-state index is 13.1. The summed E-state index contributed by atoms with van der Waals surface area (Å²) in [4.78, 5) is 51.0. The summed E-state index contributed by atoms with van der Waals surface area (Å²) in [5.74, 6) is -1.56. The first-order valence-electron chi connectivity index (χ1n) is 10.7. The summed E-state index contributed by atoms with van der Waals surface area (Å²) in [6.07, 6.45) is 2.00. The normalized spacial score (nSPS) is 24.4. The van der Waals surface area contributed by atoms with Crippen LogP contribution in [0.3, 0.4) is 0 Å². The number of urea groups is 1. The lowest BCUT2D eigenvalue weighted by atomic mass is 9.64. The van der Waals surface area contributed by atoms with Crippen LogP contribution in [0.15, 0.2) is 12.1 Å². The lowest BCUT2D eigenvalue weighted by molar-refractivity contribution is -0.150. The highest BCUT2D eigenvalue weighted by atomic mass is 35.5. The molecule has 1 saturated heterocycles. The van der Waals surface area contributed by atoms with E-state index in [0.717, 1.165) is 22.4 Å². The highest BCUT2D eigenvalue weighted by molar-refractivity contribution is 6.34. The Hall–Kier alpha value is -2.61. The third-order valence-electron chi connectivity index (χ3n) is 5.97. The van der Waals surface area contributed by atoms with Crippen molar-refractivity contribution in [1.82, 2.24) is 10.2 Å². The molecule has 1 heterocycles. The highest BCUT2D eigenvalue weighted by Gasteiger charge is 2.56. The Morgan fingerprint density at radius 3 is 2.56 bits per heavy atom. The van der Waals surface area contributed by atoms with Crippen LogP contribution in [0.1, 0.15) is 51.2 Å². The Balaban J connectivity index is 1.58. The van der Waals surface area contributed by atoms with E-state index < -0.39 is 42.5 Å². The van der Waals surface area contributed by atoms with E-state index in [-0.39, 0.29) is 11.3 Å². The Morgan fingerprint density at radius 2 is 1.94 bits per heavy atom. The van der Waals surface area contributed by atoms with Crippen LogP contribution in [-0.4, -0.2) is 47.4 Å². The van der Waals surface area contributed by atoms with E-state index in [0.29, 0.717) is 23.6 Å². The number of rotatable bonds is 5. The monoisotopic (exact) mass is 463 g/mol. The number of amides is 4. The first-order chi connectivity index (χ1) is 14.8. The zero-order chi connectivity index (χ0) is 23.8. The molecule has 3 rings (SSSR count). The van der Waals surface area contributed by atoms with Crippen molar-refractivity contribution < 1.29 is 23.9 Å². The summed E-state index contributed by atoms with van der Waals surface area (Å²) in [5, 5.41) is 5.82. The van der Waals surface area contributed by atoms with Crippen molar-refractivity contribution in [2.75, 3.05) is 18.5 Å². The molecule has 8 nitrogen and oxygen atoms in total. The number of nitrogens with zero attached hydrogens (tertiary/aromatic N) is 1. The van der Waals surface area contributed by atoms with Gasteiger partial charge in [0.2, 0.25) is 0 Å². The van der Waals surface area contributed by atoms with E-state index in [1.54, 1.807) is 13.0 Å². The molecule has 1 aliphatic carbocycles. The van der Waals surface area contributed by atoms with Gasteiger partial charge in [-0.3, -0.25) is 19.3 Å². The number of ether oxygens (including phenoxy) is 1. The first-order valence-corrected chi connectivity index (χ1v) is 11.1. The third-order valence-corrected chi connectivity index (χ3v) is 6.27. The Morgan fingerprint density at radius 1 is 1.25 bits per heavy atom. The quantitative estimate of drug-likeness (QED) is 0.513. The van der Waals surface area contributed by atoms with Crippen molar-refractivity contribution in [3.63, 3.8) is 0 Å². The number of hydrogen-bond acceptors (Lipinski definition) is 5. The standard InChI is InChI=1S/C23H30ClN3O5/c1-13-6-15(3)19(16(24)7-13)25-17(28)11-32-18(29)10-27-20(30)23(26-21(27)31)9-14(2)8-22(4,5)12-23/h6-7,14H,8-12H2,1-5H3,(H,25,28)(H,26,31)/t14-,23+/m0/s1. The second-order valence-electron chi connectivity index (χ2n) is 9.91. The van der Waals surface area contributed by atoms with E-state index in [1.165, 1.54) is 0 Å². The molecular weight excluding hydrogens is 434 g/mol. The number of aryl methyl sites for hydroxylation is 2. The van der Waals surface area contributed by atoms with Gasteiger partial charge in [-0.05, 0) is 61.6 Å². The summed E-state index contributed by atoms with van der Waals surface area (Å²) in [6, 6.07) is 2.98. The van der Waals surface area contributed by atoms with Gasteiger partial charge in [-0.2, -0.15) is 0 Å². The number of esters is 1. The molecule has 2 aliphatic rings. The van der Waals surface area contributed by atoms with Gasteiger partial charge < -0.3 is 15.4 Å². The van der Waals surface area contributed by atoms with Gasteiger partial charge in [0.05, 0.1) is 10.7 Å². The smallest absolute Gasteiger partial charge is 0.326 e. The number of benzene rings is 1. The summed E-state index contributed by atoms with van der Waals surface area (Å²) in [5.41, 5.74) is 1.09. The molecule has 1 aromatic carbocycles. The van der Waals surface area contributed by atoms with Crippen LogP contribution in [0.25, 0.3) is 0 Å². The van der Waals surface area contributed by atoms with Gasteiger partial charge in [-0.1, -0.05) is 38.4 Å². The molecule has 9 heteroatoms. The van der Waals surface area contributed by atoms with E-state index in [1.807, 2.05) is 13.0 Å². The lowest BCUT2D eigenvalue weighted by Crippen LogP contribution is -2.54. The summed E-state index contributed by atoms with van der Waals surface area (Å²) in [6.45, 7) is 8.80. The predicted molar refractivity (Wildman–Crippen MR) is 120 cm³/mol. The van der Waals surface area contributed by atoms with Crippen molar-refractivity contribution in [2.45, 2.75) is 59.4 Å². The second-order valence-corrected chi connectivity index (χ2v) is 10.3. The van der Waals surface area contributed by atoms with Crippen molar-refractivity contribution in [2.24, 2.45) is 11.3 Å². The minimum Gasteiger partial charge on any atom is -0.454 e. The molecule has 2 fully saturated rings. The van der Waals surface area contributed by atoms with E-state index in [2.05, 4.69) is 31.4 Å². The number of imide groups is 1. The molecule has 1 aliphatic heterocycles. The summed E-state index contributed by atoms with van der Waals surface area (Å²) < 4.78 is 5.01. The summed E-state index contributed by atoms with van der Waals surface area (Å²) in [7, 11) is 0. The van der Waals surface area contributed by atoms with Gasteiger partial charge in [-0.15, -0.1) is 0 Å². The minimum atomic E-state index is -0.990. The van der Waals surface area contributed by atoms with Crippen LogP contribution >= 0.6 is 11.6 Å². The molecular formula is C23H30ClN3O5. The lowest BCUT2D eigenvalue weighted by Gasteiger charge is -2.43. The van der Waals surface area contributed by atoms with E-state index in [9.17, 15) is 19.2 Å². The van der Waals surface area contributed by atoms with Gasteiger partial charge in [0, 0.05) is 0 Å². The van der Waals surface area contributed by atoms with Crippen LogP contribution in [0.5, 0.6) is 0 Å². The van der Waals surface area contributed by atoms with Crippen LogP contribution in [0.2, 0.25) is 5.02 Å². The molecule has 32 heavy (non-hydrogen) atoms. The molecule has 4 amide bonds. The fourth-order valence-corrected chi connectivity index (χ4v) is 5.59. The maximum Gasteiger partial charge on any atom is 0.326 e. The van der Waals surface area contributed by atoms with Gasteiger partial charge in [0.25, 0.3) is 11.8 Å². The van der Waals surface area contributed by atoms with Crippen LogP contribution < -0.4 is 10.6 Å². The molecule has 0 unspecified atom stereocenters. The Kier molecular flexibility index (Phi) is 6.56. The largest absolute Gasteiger partial charge is 0.454 e. The number of carbonyl (C=O) groups excluding carboxylic acids is 4. The van der Waals surface area contributed by atoms with Crippen molar-refractivity contribution in [1.29, 1.82) is 0 Å². The fourth-order valence-electron chi connectivity index (χ4n) is 5.22. The molecule has 0 radical (unpaired) electrons. The SMILES string of the molecule is Cc1cc(C)c(NC(=O)COC(=O)CN2C(=O)N[C@@]3(C[C@@H](C)CC(C)(C)C3)C2=O)c(Cl)c1. The average Bonchev–Trinajstić information content (AvgIpc) is 2.84. The zero-order valence-corrected chi connectivity index (χ0v) is 19.9. The second kappa shape index (κ2) is 8.73. The fraction of sp³-hybridized carbons (Fsp3) is 0.565. The molecule has 2 N–H and O–H groups in total. The predicted octanol–water partition coefficient (Wildman–Crippen LogP) is 3.58. The van der Waals surface area contributed by atoms with E-state index in [4.69, 9.17) is 16.3 Å². The van der Waals surface area contributed by atoms with Crippen LogP contribution in [-0.2, 0) is 19.1 Å². The van der Waals surface area contributed by atoms with Crippen molar-refractivity contribution in [3.8, 4) is 0 Å². The molecule has 0 aromatic heterocycles. The molecule has 2 atom stereocenters. The number of halogens is 1. The minimum absolute atomic E-state index is 0.107. The topological polar surface area (TPSA) is 105 Å². The number of anilines is 1. The van der Waals surface area contributed by atoms with Gasteiger partial charge in [0.1, 0.15) is 12.1 Å². The number of nitrogens with one attached hydrogen (secondary N) is 2. The Bertz CT molecular complexity index is 953. The summed E-state index contributed by atoms with van der Waals surface area (Å²) >= 11 is 6.18. The number of carbonyl (C=O) groups is 4. The van der Waals surface area contributed by atoms with Crippen molar-refractivity contribution in [3.05, 3.63) is 28.3 Å². The van der Waals surface area contributed by atoms with Crippen molar-refractivity contribution >= 4 is 41.1 Å².